The van der Waals surface area contributed by atoms with Crippen LogP contribution in [0.5, 0.6) is 17.2 Å². The normalized spacial score (nSPS) is 14.5. The number of hydrogen-bond donors (Lipinski definition) is 2. The Morgan fingerprint density at radius 1 is 0.868 bits per heavy atom. The summed E-state index contributed by atoms with van der Waals surface area (Å²) in [7, 11) is 0. The molecule has 0 radical (unpaired) electrons. The molecule has 0 fully saturated rings. The van der Waals surface area contributed by atoms with E-state index in [1.807, 2.05) is 89.8 Å². The van der Waals surface area contributed by atoms with Crippen molar-refractivity contribution in [2.24, 2.45) is 0 Å². The predicted octanol–water partition coefficient (Wildman–Crippen LogP) is 5.22. The lowest BCUT2D eigenvalue weighted by Gasteiger charge is -2.35. The highest BCUT2D eigenvalue weighted by molar-refractivity contribution is 5.81. The average Bonchev–Trinajstić information content (AvgIpc) is 2.92. The predicted molar refractivity (Wildman–Crippen MR) is 145 cm³/mol. The maximum atomic E-state index is 11.7. The average molecular weight is 518 g/mol. The first-order valence-corrected chi connectivity index (χ1v) is 12.6. The zero-order valence-corrected chi connectivity index (χ0v) is 21.0. The fraction of sp³-hybridized carbons (Fsp3) is 0.267. The lowest BCUT2D eigenvalue weighted by atomic mass is 10.1. The molecule has 38 heavy (non-hydrogen) atoms. The number of hydrogen-bond acceptors (Lipinski definition) is 6. The number of carboxylic acids is 2. The molecule has 0 aromatic heterocycles. The topological polar surface area (TPSA) is 106 Å². The summed E-state index contributed by atoms with van der Waals surface area (Å²) in [6, 6.07) is 23.0. The minimum Gasteiger partial charge on any atom is -0.493 e. The van der Waals surface area contributed by atoms with E-state index < -0.39 is 18.0 Å². The molecule has 1 unspecified atom stereocenters. The summed E-state index contributed by atoms with van der Waals surface area (Å²) >= 11 is 0. The van der Waals surface area contributed by atoms with E-state index in [2.05, 4.69) is 0 Å². The van der Waals surface area contributed by atoms with Crippen molar-refractivity contribution < 1.29 is 34.0 Å². The quantitative estimate of drug-likeness (QED) is 0.235. The molecule has 3 aromatic rings. The van der Waals surface area contributed by atoms with Crippen molar-refractivity contribution >= 4 is 29.8 Å². The van der Waals surface area contributed by atoms with Crippen LogP contribution in [0, 0.1) is 0 Å². The van der Waals surface area contributed by atoms with E-state index in [-0.39, 0.29) is 13.0 Å². The van der Waals surface area contributed by atoms with Crippen LogP contribution in [0.25, 0.3) is 12.2 Å². The van der Waals surface area contributed by atoms with Crippen molar-refractivity contribution in [1.82, 2.24) is 0 Å². The van der Waals surface area contributed by atoms with Crippen LogP contribution in [0.2, 0.25) is 0 Å². The number of ether oxygens (including phenoxy) is 3. The van der Waals surface area contributed by atoms with E-state index in [1.165, 1.54) is 0 Å². The van der Waals surface area contributed by atoms with Gasteiger partial charge in [-0.2, -0.15) is 0 Å². The van der Waals surface area contributed by atoms with Gasteiger partial charge < -0.3 is 29.3 Å². The summed E-state index contributed by atoms with van der Waals surface area (Å²) < 4.78 is 17.3. The molecule has 0 saturated carbocycles. The summed E-state index contributed by atoms with van der Waals surface area (Å²) in [6.45, 7) is 1.71. The molecule has 8 heteroatoms. The second kappa shape index (κ2) is 13.2. The maximum absolute atomic E-state index is 11.7. The molecule has 198 valence electrons. The van der Waals surface area contributed by atoms with Crippen LogP contribution in [-0.2, 0) is 9.59 Å². The smallest absolute Gasteiger partial charge is 0.346 e. The van der Waals surface area contributed by atoms with Crippen molar-refractivity contribution in [3.05, 3.63) is 83.9 Å². The van der Waals surface area contributed by atoms with E-state index >= 15 is 0 Å². The molecular weight excluding hydrogens is 486 g/mol. The number of nitrogens with zero attached hydrogens (tertiary/aromatic N) is 1. The molecule has 0 aliphatic carbocycles. The van der Waals surface area contributed by atoms with Gasteiger partial charge in [-0.15, -0.1) is 0 Å². The van der Waals surface area contributed by atoms with Gasteiger partial charge in [-0.05, 0) is 42.3 Å². The largest absolute Gasteiger partial charge is 0.493 e. The number of carbonyl (C=O) groups is 2. The summed E-state index contributed by atoms with van der Waals surface area (Å²) in [5.41, 5.74) is 2.46. The molecule has 1 heterocycles. The molecule has 4 rings (SSSR count). The van der Waals surface area contributed by atoms with Crippen molar-refractivity contribution in [3.63, 3.8) is 0 Å². The van der Waals surface area contributed by atoms with Crippen LogP contribution in [-0.4, -0.2) is 54.6 Å². The van der Waals surface area contributed by atoms with Crippen LogP contribution in [0.4, 0.5) is 5.69 Å². The molecule has 1 atom stereocenters. The minimum atomic E-state index is -1.06. The molecule has 2 N–H and O–H groups in total. The highest BCUT2D eigenvalue weighted by Gasteiger charge is 2.31. The fourth-order valence-electron chi connectivity index (χ4n) is 4.11. The van der Waals surface area contributed by atoms with Gasteiger partial charge >= 0.3 is 11.9 Å². The number of fused-ring (bicyclic) bond motifs is 1. The second-order valence-electron chi connectivity index (χ2n) is 8.85. The standard InChI is InChI=1S/C30H31NO7/c32-28(33)11-5-18-31-21-27(30(34)35)38-29-23(7-4-10-26(29)31)15-12-22-13-16-25(17-14-22)37-20-6-19-36-24-8-2-1-3-9-24/h1-4,7-10,12-17,27H,5-6,11,18-21H2,(H,32,33)(H,34,35). The molecule has 8 nitrogen and oxygen atoms in total. The Labute approximate surface area is 221 Å². The molecule has 0 saturated heterocycles. The molecule has 0 amide bonds. The van der Waals surface area contributed by atoms with Gasteiger partial charge in [0.15, 0.2) is 5.75 Å². The fourth-order valence-corrected chi connectivity index (χ4v) is 4.11. The number of anilines is 1. The Hall–Kier alpha value is -4.46. The number of benzene rings is 3. The van der Waals surface area contributed by atoms with Gasteiger partial charge in [0.05, 0.1) is 25.4 Å². The van der Waals surface area contributed by atoms with Crippen molar-refractivity contribution in [2.75, 3.05) is 31.2 Å². The van der Waals surface area contributed by atoms with Crippen LogP contribution in [0.1, 0.15) is 30.4 Å². The van der Waals surface area contributed by atoms with E-state index in [4.69, 9.17) is 19.3 Å². The lowest BCUT2D eigenvalue weighted by Crippen LogP contribution is -2.45. The van der Waals surface area contributed by atoms with Gasteiger partial charge in [-0.25, -0.2) is 4.79 Å². The third kappa shape index (κ3) is 7.52. The number of rotatable bonds is 13. The van der Waals surface area contributed by atoms with Gasteiger partial charge in [-0.3, -0.25) is 4.79 Å². The first-order chi connectivity index (χ1) is 18.5. The van der Waals surface area contributed by atoms with Crippen LogP contribution in [0.3, 0.4) is 0 Å². The number of para-hydroxylation sites is 2. The Morgan fingerprint density at radius 2 is 1.58 bits per heavy atom. The van der Waals surface area contributed by atoms with Crippen LogP contribution in [0.15, 0.2) is 72.8 Å². The molecule has 0 bridgehead atoms. The molecule has 1 aliphatic heterocycles. The molecule has 3 aromatic carbocycles. The summed E-state index contributed by atoms with van der Waals surface area (Å²) in [4.78, 5) is 24.5. The maximum Gasteiger partial charge on any atom is 0.346 e. The zero-order valence-electron chi connectivity index (χ0n) is 21.0. The third-order valence-corrected chi connectivity index (χ3v) is 6.01. The van der Waals surface area contributed by atoms with Crippen LogP contribution < -0.4 is 19.1 Å². The molecule has 1 aliphatic rings. The highest BCUT2D eigenvalue weighted by Crippen LogP contribution is 2.38. The Kier molecular flexibility index (Phi) is 9.23. The second-order valence-corrected chi connectivity index (χ2v) is 8.85. The summed E-state index contributed by atoms with van der Waals surface area (Å²) in [5, 5.41) is 18.5. The van der Waals surface area contributed by atoms with Crippen molar-refractivity contribution in [2.45, 2.75) is 25.4 Å². The van der Waals surface area contributed by atoms with Gasteiger partial charge in [0, 0.05) is 24.9 Å². The Balaban J connectivity index is 1.35. The number of aliphatic carboxylic acids is 2. The van der Waals surface area contributed by atoms with E-state index in [9.17, 15) is 14.7 Å². The van der Waals surface area contributed by atoms with E-state index in [1.54, 1.807) is 0 Å². The molecular formula is C30H31NO7. The first kappa shape index (κ1) is 26.6. The number of carboxylic acid groups (broad SMARTS) is 2. The zero-order chi connectivity index (χ0) is 26.7. The van der Waals surface area contributed by atoms with Crippen molar-refractivity contribution in [1.29, 1.82) is 0 Å². The highest BCUT2D eigenvalue weighted by atomic mass is 16.5. The Morgan fingerprint density at radius 3 is 2.26 bits per heavy atom. The third-order valence-electron chi connectivity index (χ3n) is 6.01. The monoisotopic (exact) mass is 517 g/mol. The van der Waals surface area contributed by atoms with Crippen molar-refractivity contribution in [3.8, 4) is 17.2 Å². The van der Waals surface area contributed by atoms with Crippen LogP contribution >= 0.6 is 0 Å². The van der Waals surface area contributed by atoms with Gasteiger partial charge in [0.1, 0.15) is 11.5 Å². The van der Waals surface area contributed by atoms with E-state index in [0.29, 0.717) is 31.9 Å². The lowest BCUT2D eigenvalue weighted by molar-refractivity contribution is -0.145. The van der Waals surface area contributed by atoms with Gasteiger partial charge in [-0.1, -0.05) is 54.6 Å². The van der Waals surface area contributed by atoms with E-state index in [0.717, 1.165) is 34.7 Å². The summed E-state index contributed by atoms with van der Waals surface area (Å²) in [5.74, 6) is 0.162. The SMILES string of the molecule is O=C(O)CCCN1CC(C(=O)O)Oc2c(C=Cc3ccc(OCCCOc4ccccc4)cc3)cccc21. The van der Waals surface area contributed by atoms with Gasteiger partial charge in [0.2, 0.25) is 6.10 Å². The first-order valence-electron chi connectivity index (χ1n) is 12.6. The minimum absolute atomic E-state index is 0.0190. The molecule has 0 spiro atoms. The summed E-state index contributed by atoms with van der Waals surface area (Å²) in [6.07, 6.45) is 3.97. The van der Waals surface area contributed by atoms with Gasteiger partial charge in [0.25, 0.3) is 0 Å². The Bertz CT molecular complexity index is 1240.